The van der Waals surface area contributed by atoms with Crippen LogP contribution in [-0.4, -0.2) is 11.4 Å². The quantitative estimate of drug-likeness (QED) is 0.719. The van der Waals surface area contributed by atoms with Gasteiger partial charge in [0.25, 0.3) is 0 Å². The van der Waals surface area contributed by atoms with Crippen LogP contribution in [0.5, 0.6) is 11.5 Å². The van der Waals surface area contributed by atoms with Gasteiger partial charge in [-0.15, -0.1) is 0 Å². The predicted octanol–water partition coefficient (Wildman–Crippen LogP) is 2.59. The zero-order chi connectivity index (χ0) is 10.7. The van der Waals surface area contributed by atoms with Crippen LogP contribution in [0.15, 0.2) is 35.0 Å². The largest absolute Gasteiger partial charge is 0.452 e. The van der Waals surface area contributed by atoms with E-state index in [0.29, 0.717) is 22.8 Å². The fraction of sp³-hybridized carbons (Fsp3) is 0.0909. The van der Waals surface area contributed by atoms with Gasteiger partial charge in [0.1, 0.15) is 18.2 Å². The number of hydrogen-bond donors (Lipinski definition) is 0. The van der Waals surface area contributed by atoms with Crippen LogP contribution in [0.2, 0.25) is 0 Å². The Bertz CT molecular complexity index is 459. The summed E-state index contributed by atoms with van der Waals surface area (Å²) in [5.41, 5.74) is 0.615. The van der Waals surface area contributed by atoms with Crippen LogP contribution >= 0.6 is 0 Å². The Morgan fingerprint density at radius 3 is 2.60 bits per heavy atom. The van der Waals surface area contributed by atoms with Crippen molar-refractivity contribution in [3.8, 4) is 11.5 Å². The molecule has 0 radical (unpaired) electrons. The monoisotopic (exact) mass is 203 g/mol. The van der Waals surface area contributed by atoms with Crippen LogP contribution < -0.4 is 4.74 Å². The molecule has 2 aromatic rings. The first-order valence-electron chi connectivity index (χ1n) is 4.44. The topological polar surface area (TPSA) is 52.3 Å². The summed E-state index contributed by atoms with van der Waals surface area (Å²) in [4.78, 5) is 10.4. The number of carbonyl (C=O) groups excluding carboxylic acids is 1. The third-order valence-corrected chi connectivity index (χ3v) is 1.95. The van der Waals surface area contributed by atoms with E-state index in [-0.39, 0.29) is 0 Å². The van der Waals surface area contributed by atoms with Gasteiger partial charge in [-0.2, -0.15) is 0 Å². The maximum Gasteiger partial charge on any atom is 0.189 e. The van der Waals surface area contributed by atoms with Gasteiger partial charge in [-0.1, -0.05) is 5.16 Å². The molecule has 4 nitrogen and oxygen atoms in total. The number of hydrogen-bond acceptors (Lipinski definition) is 4. The van der Waals surface area contributed by atoms with Crippen molar-refractivity contribution < 1.29 is 14.1 Å². The fourth-order valence-corrected chi connectivity index (χ4v) is 1.13. The number of rotatable bonds is 3. The highest BCUT2D eigenvalue weighted by molar-refractivity contribution is 5.74. The van der Waals surface area contributed by atoms with E-state index in [4.69, 9.17) is 9.26 Å². The Labute approximate surface area is 86.5 Å². The molecule has 1 heterocycles. The lowest BCUT2D eigenvalue weighted by atomic mass is 10.2. The van der Waals surface area contributed by atoms with Gasteiger partial charge in [-0.3, -0.25) is 4.79 Å². The highest BCUT2D eigenvalue weighted by Gasteiger charge is 2.04. The van der Waals surface area contributed by atoms with E-state index >= 15 is 0 Å². The summed E-state index contributed by atoms with van der Waals surface area (Å²) < 4.78 is 10.3. The molecule has 0 unspecified atom stereocenters. The molecule has 0 saturated carbocycles. The summed E-state index contributed by atoms with van der Waals surface area (Å²) in [7, 11) is 0. The zero-order valence-electron chi connectivity index (χ0n) is 8.14. The second kappa shape index (κ2) is 3.96. The lowest BCUT2D eigenvalue weighted by molar-refractivity contribution is 0.112. The number of aldehydes is 1. The molecule has 0 aliphatic heterocycles. The molecule has 1 aromatic heterocycles. The molecule has 15 heavy (non-hydrogen) atoms. The minimum atomic E-state index is 0.578. The van der Waals surface area contributed by atoms with Gasteiger partial charge in [0.05, 0.1) is 0 Å². The molecule has 76 valence electrons. The van der Waals surface area contributed by atoms with Crippen LogP contribution in [-0.2, 0) is 0 Å². The summed E-state index contributed by atoms with van der Waals surface area (Å²) in [6.07, 6.45) is 2.29. The van der Waals surface area contributed by atoms with E-state index in [9.17, 15) is 4.79 Å². The summed E-state index contributed by atoms with van der Waals surface area (Å²) >= 11 is 0. The molecule has 0 N–H and O–H groups in total. The van der Waals surface area contributed by atoms with E-state index in [1.54, 1.807) is 31.2 Å². The first-order valence-corrected chi connectivity index (χ1v) is 4.44. The van der Waals surface area contributed by atoms with Crippen LogP contribution in [0, 0.1) is 6.92 Å². The molecule has 1 aromatic carbocycles. The first kappa shape index (κ1) is 9.45. The Kier molecular flexibility index (Phi) is 2.49. The lowest BCUT2D eigenvalue weighted by Crippen LogP contribution is -1.85. The number of ether oxygens (including phenoxy) is 1. The normalized spacial score (nSPS) is 9.93. The summed E-state index contributed by atoms with van der Waals surface area (Å²) in [6.45, 7) is 1.77. The highest BCUT2D eigenvalue weighted by Crippen LogP contribution is 2.24. The second-order valence-electron chi connectivity index (χ2n) is 3.04. The number of aromatic nitrogens is 1. The van der Waals surface area contributed by atoms with Crippen molar-refractivity contribution in [2.75, 3.05) is 0 Å². The Hall–Kier alpha value is -2.10. The van der Waals surface area contributed by atoms with Crippen molar-refractivity contribution in [3.63, 3.8) is 0 Å². The molecule has 0 aliphatic carbocycles. The van der Waals surface area contributed by atoms with E-state index < -0.39 is 0 Å². The highest BCUT2D eigenvalue weighted by atomic mass is 16.5. The molecular formula is C11H9NO3. The van der Waals surface area contributed by atoms with Gasteiger partial charge in [-0.05, 0) is 24.3 Å². The second-order valence-corrected chi connectivity index (χ2v) is 3.04. The maximum absolute atomic E-state index is 10.4. The lowest BCUT2D eigenvalue weighted by Gasteiger charge is -2.02. The summed E-state index contributed by atoms with van der Waals surface area (Å²) in [5.74, 6) is 1.84. The molecule has 0 amide bonds. The molecule has 0 fully saturated rings. The molecule has 0 spiro atoms. The number of nitrogens with zero attached hydrogens (tertiary/aromatic N) is 1. The van der Waals surface area contributed by atoms with Gasteiger partial charge in [-0.25, -0.2) is 0 Å². The Morgan fingerprint density at radius 1 is 1.33 bits per heavy atom. The third-order valence-electron chi connectivity index (χ3n) is 1.95. The first-order chi connectivity index (χ1) is 7.29. The van der Waals surface area contributed by atoms with Crippen molar-refractivity contribution in [2.45, 2.75) is 6.92 Å². The van der Waals surface area contributed by atoms with Crippen molar-refractivity contribution >= 4 is 6.29 Å². The third kappa shape index (κ3) is 2.04. The smallest absolute Gasteiger partial charge is 0.189 e. The van der Waals surface area contributed by atoms with Crippen molar-refractivity contribution in [2.24, 2.45) is 0 Å². The van der Waals surface area contributed by atoms with Crippen LogP contribution in [0.1, 0.15) is 16.1 Å². The fourth-order valence-electron chi connectivity index (χ4n) is 1.13. The number of carbonyl (C=O) groups is 1. The van der Waals surface area contributed by atoms with Crippen molar-refractivity contribution in [3.05, 3.63) is 41.8 Å². The predicted molar refractivity (Wildman–Crippen MR) is 53.1 cm³/mol. The molecule has 2 rings (SSSR count). The van der Waals surface area contributed by atoms with Gasteiger partial charge in [0.15, 0.2) is 11.5 Å². The van der Waals surface area contributed by atoms with Crippen LogP contribution in [0.3, 0.4) is 0 Å². The van der Waals surface area contributed by atoms with E-state index in [2.05, 4.69) is 5.16 Å². The molecule has 4 heteroatoms. The van der Waals surface area contributed by atoms with Crippen molar-refractivity contribution in [1.82, 2.24) is 5.16 Å². The zero-order valence-corrected chi connectivity index (χ0v) is 8.14. The van der Waals surface area contributed by atoms with Crippen LogP contribution in [0.4, 0.5) is 0 Å². The average molecular weight is 203 g/mol. The molecular weight excluding hydrogens is 194 g/mol. The van der Waals surface area contributed by atoms with E-state index in [0.717, 1.165) is 6.29 Å². The Balaban J connectivity index is 2.18. The summed E-state index contributed by atoms with van der Waals surface area (Å²) in [5, 5.41) is 3.60. The molecule has 0 aliphatic rings. The standard InChI is InChI=1S/C11H9NO3/c1-8-11(6-12-15-8)14-10-4-2-9(7-13)3-5-10/h2-7H,1H3. The van der Waals surface area contributed by atoms with Gasteiger partial charge in [0, 0.05) is 12.5 Å². The molecule has 0 atom stereocenters. The van der Waals surface area contributed by atoms with Gasteiger partial charge >= 0.3 is 0 Å². The van der Waals surface area contributed by atoms with Crippen molar-refractivity contribution in [1.29, 1.82) is 0 Å². The Morgan fingerprint density at radius 2 is 2.07 bits per heavy atom. The van der Waals surface area contributed by atoms with Gasteiger partial charge < -0.3 is 9.26 Å². The number of aryl methyl sites for hydroxylation is 1. The van der Waals surface area contributed by atoms with Crippen LogP contribution in [0.25, 0.3) is 0 Å². The molecule has 0 bridgehead atoms. The SMILES string of the molecule is Cc1oncc1Oc1ccc(C=O)cc1. The summed E-state index contributed by atoms with van der Waals surface area (Å²) in [6, 6.07) is 6.81. The number of benzene rings is 1. The minimum Gasteiger partial charge on any atom is -0.452 e. The molecule has 0 saturated heterocycles. The minimum absolute atomic E-state index is 0.578. The van der Waals surface area contributed by atoms with E-state index in [1.165, 1.54) is 6.20 Å². The van der Waals surface area contributed by atoms with E-state index in [1.807, 2.05) is 0 Å². The average Bonchev–Trinajstić information content (AvgIpc) is 2.66. The van der Waals surface area contributed by atoms with Gasteiger partial charge in [0.2, 0.25) is 0 Å². The maximum atomic E-state index is 10.4.